The smallest absolute Gasteiger partial charge is 0.309 e. The minimum atomic E-state index is -1.06. The van der Waals surface area contributed by atoms with Crippen LogP contribution in [0.5, 0.6) is 0 Å². The minimum Gasteiger partial charge on any atom is -0.481 e. The zero-order valence-corrected chi connectivity index (χ0v) is 9.02. The Hall–Kier alpha value is -1.03. The predicted octanol–water partition coefficient (Wildman–Crippen LogP) is 1.36. The van der Waals surface area contributed by atoms with E-state index in [9.17, 15) is 9.59 Å². The van der Waals surface area contributed by atoms with Gasteiger partial charge in [-0.2, -0.15) is 0 Å². The highest BCUT2D eigenvalue weighted by atomic mass is 35.5. The summed E-state index contributed by atoms with van der Waals surface area (Å²) in [6.07, 6.45) is -0.0769. The Morgan fingerprint density at radius 3 is 2.36 bits per heavy atom. The number of hydrogen-bond acceptors (Lipinski definition) is 2. The highest BCUT2D eigenvalue weighted by Crippen LogP contribution is 2.19. The van der Waals surface area contributed by atoms with Crippen LogP contribution in [0.3, 0.4) is 0 Å². The number of carbonyl (C=O) groups excluding carboxylic acids is 1. The standard InChI is InChI=1S/C9H14ClNO3/c1-6(10)5-11-7(12)4-9(2,3)8(13)14/h1,4-5H2,2-3H3,(H,11,12)(H,13,14). The van der Waals surface area contributed by atoms with E-state index >= 15 is 0 Å². The lowest BCUT2D eigenvalue weighted by Crippen LogP contribution is -2.33. The Morgan fingerprint density at radius 2 is 2.00 bits per heavy atom. The highest BCUT2D eigenvalue weighted by molar-refractivity contribution is 6.29. The summed E-state index contributed by atoms with van der Waals surface area (Å²) in [5.41, 5.74) is -1.06. The van der Waals surface area contributed by atoms with Crippen molar-refractivity contribution in [1.29, 1.82) is 0 Å². The average Bonchev–Trinajstić information content (AvgIpc) is 1.99. The van der Waals surface area contributed by atoms with E-state index in [1.807, 2.05) is 0 Å². The molecule has 0 unspecified atom stereocenters. The van der Waals surface area contributed by atoms with Crippen LogP contribution in [0.15, 0.2) is 11.6 Å². The van der Waals surface area contributed by atoms with E-state index < -0.39 is 11.4 Å². The molecule has 0 aromatic heterocycles. The van der Waals surface area contributed by atoms with Gasteiger partial charge in [-0.3, -0.25) is 9.59 Å². The Balaban J connectivity index is 4.06. The molecular formula is C9H14ClNO3. The predicted molar refractivity (Wildman–Crippen MR) is 54.0 cm³/mol. The summed E-state index contributed by atoms with van der Waals surface area (Å²) in [7, 11) is 0. The van der Waals surface area contributed by atoms with E-state index in [1.54, 1.807) is 0 Å². The quantitative estimate of drug-likeness (QED) is 0.734. The lowest BCUT2D eigenvalue weighted by atomic mass is 9.89. The molecule has 1 amide bonds. The summed E-state index contributed by atoms with van der Waals surface area (Å²) in [6, 6.07) is 0. The summed E-state index contributed by atoms with van der Waals surface area (Å²) in [5.74, 6) is -1.35. The largest absolute Gasteiger partial charge is 0.481 e. The number of carboxylic acid groups (broad SMARTS) is 1. The number of amides is 1. The summed E-state index contributed by atoms with van der Waals surface area (Å²) in [5, 5.41) is 11.5. The van der Waals surface area contributed by atoms with Crippen molar-refractivity contribution >= 4 is 23.5 Å². The second-order valence-electron chi connectivity index (χ2n) is 3.66. The first-order valence-electron chi connectivity index (χ1n) is 4.09. The summed E-state index contributed by atoms with van der Waals surface area (Å²) >= 11 is 5.43. The van der Waals surface area contributed by atoms with E-state index in [-0.39, 0.29) is 18.9 Å². The van der Waals surface area contributed by atoms with Gasteiger partial charge in [0.1, 0.15) is 0 Å². The Kier molecular flexibility index (Phi) is 4.63. The van der Waals surface area contributed by atoms with Gasteiger partial charge in [0.2, 0.25) is 5.91 Å². The van der Waals surface area contributed by atoms with Crippen molar-refractivity contribution < 1.29 is 14.7 Å². The molecule has 0 saturated heterocycles. The van der Waals surface area contributed by atoms with E-state index in [1.165, 1.54) is 13.8 Å². The number of rotatable bonds is 5. The third kappa shape index (κ3) is 4.87. The monoisotopic (exact) mass is 219 g/mol. The van der Waals surface area contributed by atoms with Crippen LogP contribution >= 0.6 is 11.6 Å². The van der Waals surface area contributed by atoms with Crippen molar-refractivity contribution in [3.8, 4) is 0 Å². The molecule has 0 aliphatic rings. The maximum Gasteiger partial charge on any atom is 0.309 e. The molecule has 0 atom stereocenters. The van der Waals surface area contributed by atoms with Crippen LogP contribution in [0.4, 0.5) is 0 Å². The van der Waals surface area contributed by atoms with E-state index in [0.29, 0.717) is 5.03 Å². The zero-order valence-electron chi connectivity index (χ0n) is 8.26. The highest BCUT2D eigenvalue weighted by Gasteiger charge is 2.29. The van der Waals surface area contributed by atoms with Crippen LogP contribution in [0.1, 0.15) is 20.3 Å². The molecule has 0 rings (SSSR count). The molecule has 0 aliphatic carbocycles. The maximum atomic E-state index is 11.2. The third-order valence-electron chi connectivity index (χ3n) is 1.66. The average molecular weight is 220 g/mol. The van der Waals surface area contributed by atoms with Crippen molar-refractivity contribution in [1.82, 2.24) is 5.32 Å². The topological polar surface area (TPSA) is 66.4 Å². The minimum absolute atomic E-state index is 0.0769. The van der Waals surface area contributed by atoms with Crippen molar-refractivity contribution in [2.75, 3.05) is 6.54 Å². The molecule has 4 nitrogen and oxygen atoms in total. The number of aliphatic carboxylic acids is 1. The number of carboxylic acids is 1. The number of halogens is 1. The fourth-order valence-corrected chi connectivity index (χ4v) is 0.801. The SMILES string of the molecule is C=C(Cl)CNC(=O)CC(C)(C)C(=O)O. The maximum absolute atomic E-state index is 11.2. The van der Waals surface area contributed by atoms with Gasteiger partial charge in [0.15, 0.2) is 0 Å². The molecule has 80 valence electrons. The molecule has 0 radical (unpaired) electrons. The fourth-order valence-electron chi connectivity index (χ4n) is 0.734. The molecule has 0 aromatic rings. The molecule has 14 heavy (non-hydrogen) atoms. The summed E-state index contributed by atoms with van der Waals surface area (Å²) in [6.45, 7) is 6.54. The second-order valence-corrected chi connectivity index (χ2v) is 4.19. The lowest BCUT2D eigenvalue weighted by molar-refractivity contribution is -0.149. The molecule has 0 aliphatic heterocycles. The van der Waals surface area contributed by atoms with Crippen LogP contribution in [-0.2, 0) is 9.59 Å². The summed E-state index contributed by atoms with van der Waals surface area (Å²) in [4.78, 5) is 21.9. The molecule has 2 N–H and O–H groups in total. The Morgan fingerprint density at radius 1 is 1.50 bits per heavy atom. The Labute approximate surface area is 87.9 Å². The molecular weight excluding hydrogens is 206 g/mol. The number of nitrogens with one attached hydrogen (secondary N) is 1. The van der Waals surface area contributed by atoms with Gasteiger partial charge >= 0.3 is 5.97 Å². The van der Waals surface area contributed by atoms with Gasteiger partial charge < -0.3 is 10.4 Å². The molecule has 0 saturated carbocycles. The fraction of sp³-hybridized carbons (Fsp3) is 0.556. The zero-order chi connectivity index (χ0) is 11.4. The van der Waals surface area contributed by atoms with Crippen molar-refractivity contribution in [3.05, 3.63) is 11.6 Å². The van der Waals surface area contributed by atoms with Crippen LogP contribution < -0.4 is 5.32 Å². The number of hydrogen-bond donors (Lipinski definition) is 2. The van der Waals surface area contributed by atoms with Crippen LogP contribution in [-0.4, -0.2) is 23.5 Å². The molecule has 5 heteroatoms. The van der Waals surface area contributed by atoms with Gasteiger partial charge in [0.05, 0.1) is 12.0 Å². The first-order chi connectivity index (χ1) is 6.25. The van der Waals surface area contributed by atoms with Crippen molar-refractivity contribution in [2.24, 2.45) is 5.41 Å². The van der Waals surface area contributed by atoms with Crippen LogP contribution in [0.2, 0.25) is 0 Å². The molecule has 0 heterocycles. The normalized spacial score (nSPS) is 10.8. The Bertz CT molecular complexity index is 261. The first-order valence-corrected chi connectivity index (χ1v) is 4.47. The van der Waals surface area contributed by atoms with Crippen LogP contribution in [0, 0.1) is 5.41 Å². The first kappa shape index (κ1) is 13.0. The molecule has 0 aromatic carbocycles. The van der Waals surface area contributed by atoms with Crippen LogP contribution in [0.25, 0.3) is 0 Å². The molecule has 0 bridgehead atoms. The number of carbonyl (C=O) groups is 2. The van der Waals surface area contributed by atoms with E-state index in [4.69, 9.17) is 16.7 Å². The van der Waals surface area contributed by atoms with Crippen molar-refractivity contribution in [3.63, 3.8) is 0 Å². The van der Waals surface area contributed by atoms with Gasteiger partial charge in [-0.05, 0) is 13.8 Å². The van der Waals surface area contributed by atoms with Gasteiger partial charge in [0.25, 0.3) is 0 Å². The van der Waals surface area contributed by atoms with E-state index in [0.717, 1.165) is 0 Å². The molecule has 0 spiro atoms. The molecule has 0 fully saturated rings. The summed E-state index contributed by atoms with van der Waals surface area (Å²) < 4.78 is 0. The van der Waals surface area contributed by atoms with Gasteiger partial charge in [-0.1, -0.05) is 18.2 Å². The third-order valence-corrected chi connectivity index (χ3v) is 1.79. The van der Waals surface area contributed by atoms with Crippen molar-refractivity contribution in [2.45, 2.75) is 20.3 Å². The van der Waals surface area contributed by atoms with E-state index in [2.05, 4.69) is 11.9 Å². The lowest BCUT2D eigenvalue weighted by Gasteiger charge is -2.17. The second kappa shape index (κ2) is 5.00. The van der Waals surface area contributed by atoms with Gasteiger partial charge in [-0.25, -0.2) is 0 Å². The van der Waals surface area contributed by atoms with Gasteiger partial charge in [-0.15, -0.1) is 0 Å². The van der Waals surface area contributed by atoms with Gasteiger partial charge in [0, 0.05) is 11.5 Å².